The highest BCUT2D eigenvalue weighted by atomic mass is 79.9. The Labute approximate surface area is 131 Å². The van der Waals surface area contributed by atoms with Crippen molar-refractivity contribution in [3.8, 4) is 0 Å². The summed E-state index contributed by atoms with van der Waals surface area (Å²) in [6.07, 6.45) is 3.58. The lowest BCUT2D eigenvalue weighted by molar-refractivity contribution is 1.12. The molecule has 6 heteroatoms. The number of pyridine rings is 1. The van der Waals surface area contributed by atoms with E-state index in [1.165, 1.54) is 0 Å². The molecule has 0 saturated carbocycles. The molecule has 0 radical (unpaired) electrons. The highest BCUT2D eigenvalue weighted by Crippen LogP contribution is 2.27. The number of benzene rings is 1. The third-order valence-corrected chi connectivity index (χ3v) is 3.56. The van der Waals surface area contributed by atoms with Crippen LogP contribution in [-0.2, 0) is 0 Å². The summed E-state index contributed by atoms with van der Waals surface area (Å²) in [5, 5.41) is 7.35. The predicted octanol–water partition coefficient (Wildman–Crippen LogP) is 3.88. The molecule has 0 bridgehead atoms. The molecule has 1 aromatic carbocycles. The fourth-order valence-corrected chi connectivity index (χ4v) is 2.40. The Morgan fingerprint density at radius 1 is 1.14 bits per heavy atom. The van der Waals surface area contributed by atoms with Gasteiger partial charge in [0.25, 0.3) is 0 Å². The molecule has 106 valence electrons. The molecule has 3 rings (SSSR count). The van der Waals surface area contributed by atoms with Gasteiger partial charge in [-0.3, -0.25) is 4.98 Å². The number of anilines is 3. The van der Waals surface area contributed by atoms with Crippen LogP contribution in [0.5, 0.6) is 0 Å². The van der Waals surface area contributed by atoms with Crippen LogP contribution >= 0.6 is 15.9 Å². The monoisotopic (exact) mass is 343 g/mol. The first-order chi connectivity index (χ1) is 10.2. The van der Waals surface area contributed by atoms with Gasteiger partial charge in [0.1, 0.15) is 5.82 Å². The number of halogens is 1. The molecule has 5 nitrogen and oxygen atoms in total. The summed E-state index contributed by atoms with van der Waals surface area (Å²) >= 11 is 3.44. The first-order valence-corrected chi connectivity index (χ1v) is 7.29. The topological polar surface area (TPSA) is 62.7 Å². The van der Waals surface area contributed by atoms with E-state index in [9.17, 15) is 0 Å². The van der Waals surface area contributed by atoms with E-state index in [1.807, 2.05) is 31.2 Å². The van der Waals surface area contributed by atoms with E-state index >= 15 is 0 Å². The lowest BCUT2D eigenvalue weighted by Gasteiger charge is -2.11. The molecule has 2 aromatic heterocycles. The normalized spacial score (nSPS) is 10.6. The Morgan fingerprint density at radius 3 is 2.81 bits per heavy atom. The largest absolute Gasteiger partial charge is 0.357 e. The first kappa shape index (κ1) is 13.8. The van der Waals surface area contributed by atoms with Crippen LogP contribution in [0.15, 0.2) is 41.1 Å². The molecule has 0 amide bonds. The fourth-order valence-electron chi connectivity index (χ4n) is 2.05. The zero-order valence-corrected chi connectivity index (χ0v) is 13.3. The van der Waals surface area contributed by atoms with E-state index in [4.69, 9.17) is 0 Å². The van der Waals surface area contributed by atoms with Gasteiger partial charge in [-0.25, -0.2) is 4.98 Å². The van der Waals surface area contributed by atoms with Crippen LogP contribution in [0.3, 0.4) is 0 Å². The zero-order valence-electron chi connectivity index (χ0n) is 11.7. The zero-order chi connectivity index (χ0) is 14.8. The molecule has 21 heavy (non-hydrogen) atoms. The summed E-state index contributed by atoms with van der Waals surface area (Å²) in [5.74, 6) is 1.35. The molecule has 0 saturated heterocycles. The van der Waals surface area contributed by atoms with Gasteiger partial charge >= 0.3 is 0 Å². The molecule has 0 aliphatic rings. The average molecular weight is 344 g/mol. The quantitative estimate of drug-likeness (QED) is 0.755. The Morgan fingerprint density at radius 2 is 2.00 bits per heavy atom. The number of aryl methyl sites for hydroxylation is 1. The first-order valence-electron chi connectivity index (χ1n) is 6.50. The number of hydrogen-bond acceptors (Lipinski definition) is 5. The fraction of sp³-hybridized carbons (Fsp3) is 0.133. The van der Waals surface area contributed by atoms with Crippen LogP contribution < -0.4 is 10.6 Å². The molecule has 3 aromatic rings. The smallest absolute Gasteiger partial charge is 0.224 e. The van der Waals surface area contributed by atoms with E-state index in [-0.39, 0.29) is 0 Å². The van der Waals surface area contributed by atoms with Crippen LogP contribution in [0, 0.1) is 6.92 Å². The van der Waals surface area contributed by atoms with Gasteiger partial charge in [-0.1, -0.05) is 12.1 Å². The molecule has 2 N–H and O–H groups in total. The van der Waals surface area contributed by atoms with Gasteiger partial charge in [-0.15, -0.1) is 0 Å². The van der Waals surface area contributed by atoms with Crippen molar-refractivity contribution in [3.63, 3.8) is 0 Å². The van der Waals surface area contributed by atoms with Crippen molar-refractivity contribution in [2.45, 2.75) is 6.92 Å². The number of hydrogen-bond donors (Lipinski definition) is 2. The minimum absolute atomic E-state index is 0.582. The van der Waals surface area contributed by atoms with Crippen LogP contribution in [0.25, 0.3) is 10.9 Å². The number of aromatic nitrogens is 3. The van der Waals surface area contributed by atoms with Crippen molar-refractivity contribution < 1.29 is 0 Å². The van der Waals surface area contributed by atoms with Gasteiger partial charge in [0.05, 0.1) is 11.2 Å². The van der Waals surface area contributed by atoms with Gasteiger partial charge in [0, 0.05) is 34.9 Å². The Balaban J connectivity index is 2.06. The van der Waals surface area contributed by atoms with E-state index in [0.29, 0.717) is 5.95 Å². The van der Waals surface area contributed by atoms with E-state index < -0.39 is 0 Å². The summed E-state index contributed by atoms with van der Waals surface area (Å²) in [7, 11) is 1.80. The second kappa shape index (κ2) is 5.65. The van der Waals surface area contributed by atoms with Crippen molar-refractivity contribution in [2.75, 3.05) is 17.7 Å². The minimum atomic E-state index is 0.582. The van der Waals surface area contributed by atoms with Crippen molar-refractivity contribution in [1.29, 1.82) is 0 Å². The maximum atomic E-state index is 4.48. The van der Waals surface area contributed by atoms with Crippen molar-refractivity contribution in [3.05, 3.63) is 46.7 Å². The summed E-state index contributed by atoms with van der Waals surface area (Å²) in [4.78, 5) is 13.1. The highest BCUT2D eigenvalue weighted by molar-refractivity contribution is 9.10. The standard InChI is InChI=1S/C15H14BrN5/c1-9-7-19-15(17-2)21-14(9)20-12-5-3-4-10-6-11(16)8-18-13(10)12/h3-8H,1-2H3,(H2,17,19,20,21). The average Bonchev–Trinajstić information content (AvgIpc) is 2.49. The summed E-state index contributed by atoms with van der Waals surface area (Å²) in [6, 6.07) is 8.06. The Bertz CT molecular complexity index is 803. The number of nitrogens with zero attached hydrogens (tertiary/aromatic N) is 3. The molecular weight excluding hydrogens is 330 g/mol. The van der Waals surface area contributed by atoms with Gasteiger partial charge in [-0.2, -0.15) is 4.98 Å². The lowest BCUT2D eigenvalue weighted by atomic mass is 10.2. The third-order valence-electron chi connectivity index (χ3n) is 3.13. The second-order valence-corrected chi connectivity index (χ2v) is 5.55. The van der Waals surface area contributed by atoms with E-state index in [0.717, 1.165) is 32.4 Å². The van der Waals surface area contributed by atoms with Crippen LogP contribution in [0.4, 0.5) is 17.5 Å². The molecule has 0 spiro atoms. The predicted molar refractivity (Wildman–Crippen MR) is 89.0 cm³/mol. The third kappa shape index (κ3) is 2.80. The Kier molecular flexibility index (Phi) is 3.70. The molecule has 2 heterocycles. The molecule has 0 atom stereocenters. The summed E-state index contributed by atoms with van der Waals surface area (Å²) in [5.41, 5.74) is 2.80. The molecule has 0 unspecified atom stereocenters. The SMILES string of the molecule is CNc1ncc(C)c(Nc2cccc3cc(Br)cnc23)n1. The highest BCUT2D eigenvalue weighted by Gasteiger charge is 2.07. The van der Waals surface area contributed by atoms with Gasteiger partial charge in [0.2, 0.25) is 5.95 Å². The summed E-state index contributed by atoms with van der Waals surface area (Å²) < 4.78 is 0.961. The number of fused-ring (bicyclic) bond motifs is 1. The van der Waals surface area contributed by atoms with Crippen LogP contribution in [0.2, 0.25) is 0 Å². The van der Waals surface area contributed by atoms with Gasteiger partial charge in [0.15, 0.2) is 0 Å². The maximum absolute atomic E-state index is 4.48. The van der Waals surface area contributed by atoms with Crippen molar-refractivity contribution >= 4 is 44.3 Å². The van der Waals surface area contributed by atoms with Crippen LogP contribution in [-0.4, -0.2) is 22.0 Å². The second-order valence-electron chi connectivity index (χ2n) is 4.63. The molecule has 0 aliphatic carbocycles. The maximum Gasteiger partial charge on any atom is 0.224 e. The van der Waals surface area contributed by atoms with E-state index in [1.54, 1.807) is 19.4 Å². The van der Waals surface area contributed by atoms with Crippen molar-refractivity contribution in [2.24, 2.45) is 0 Å². The van der Waals surface area contributed by atoms with E-state index in [2.05, 4.69) is 41.5 Å². The number of nitrogens with one attached hydrogen (secondary N) is 2. The number of rotatable bonds is 3. The molecular formula is C15H14BrN5. The molecule has 0 fully saturated rings. The number of para-hydroxylation sites is 1. The van der Waals surface area contributed by atoms with Gasteiger partial charge in [-0.05, 0) is 35.0 Å². The Hall–Kier alpha value is -2.21. The molecule has 0 aliphatic heterocycles. The van der Waals surface area contributed by atoms with Crippen molar-refractivity contribution in [1.82, 2.24) is 15.0 Å². The van der Waals surface area contributed by atoms with Gasteiger partial charge < -0.3 is 10.6 Å². The summed E-state index contributed by atoms with van der Waals surface area (Å²) in [6.45, 7) is 1.97. The lowest BCUT2D eigenvalue weighted by Crippen LogP contribution is -2.03. The minimum Gasteiger partial charge on any atom is -0.357 e. The van der Waals surface area contributed by atoms with Crippen LogP contribution in [0.1, 0.15) is 5.56 Å².